The topological polar surface area (TPSA) is 32.3 Å². The highest BCUT2D eigenvalue weighted by molar-refractivity contribution is 5.77. The van der Waals surface area contributed by atoms with Gasteiger partial charge in [-0.2, -0.15) is 0 Å². The summed E-state index contributed by atoms with van der Waals surface area (Å²) in [5, 5.41) is 2.79. The normalized spacial score (nSPS) is 10.2. The van der Waals surface area contributed by atoms with E-state index in [2.05, 4.69) is 5.32 Å². The largest absolute Gasteiger partial charge is 0.348 e. The van der Waals surface area contributed by atoms with Crippen LogP contribution in [0.3, 0.4) is 0 Å². The summed E-state index contributed by atoms with van der Waals surface area (Å²) in [6, 6.07) is 3.37. The molecule has 0 saturated carbocycles. The van der Waals surface area contributed by atoms with Crippen molar-refractivity contribution in [1.29, 1.82) is 0 Å². The number of nitrogens with zero attached hydrogens (tertiary/aromatic N) is 1. The van der Waals surface area contributed by atoms with Crippen molar-refractivity contribution in [1.82, 2.24) is 10.2 Å². The molecule has 3 nitrogen and oxygen atoms in total. The Morgan fingerprint density at radius 3 is 2.62 bits per heavy atom. The number of amides is 1. The van der Waals surface area contributed by atoms with Crippen LogP contribution >= 0.6 is 0 Å². The van der Waals surface area contributed by atoms with Gasteiger partial charge in [0.2, 0.25) is 5.91 Å². The van der Waals surface area contributed by atoms with E-state index in [-0.39, 0.29) is 19.0 Å². The van der Waals surface area contributed by atoms with E-state index >= 15 is 0 Å². The number of nitrogens with one attached hydrogen (secondary N) is 1. The van der Waals surface area contributed by atoms with Gasteiger partial charge in [0.05, 0.1) is 6.54 Å². The number of likely N-dealkylation sites (N-methyl/N-ethyl adjacent to an activating group) is 1. The minimum Gasteiger partial charge on any atom is -0.348 e. The Kier molecular flexibility index (Phi) is 4.37. The van der Waals surface area contributed by atoms with Gasteiger partial charge in [-0.25, -0.2) is 8.78 Å². The molecule has 1 amide bonds. The Labute approximate surface area is 93.1 Å². The molecule has 0 spiro atoms. The van der Waals surface area contributed by atoms with Crippen molar-refractivity contribution in [2.45, 2.75) is 6.54 Å². The van der Waals surface area contributed by atoms with Crippen molar-refractivity contribution >= 4 is 5.91 Å². The van der Waals surface area contributed by atoms with E-state index < -0.39 is 11.6 Å². The van der Waals surface area contributed by atoms with Crippen LogP contribution in [0.1, 0.15) is 5.56 Å². The van der Waals surface area contributed by atoms with E-state index in [9.17, 15) is 13.6 Å². The van der Waals surface area contributed by atoms with E-state index in [4.69, 9.17) is 0 Å². The van der Waals surface area contributed by atoms with Crippen LogP contribution in [0.15, 0.2) is 18.2 Å². The Hall–Kier alpha value is -1.49. The molecule has 0 aliphatic carbocycles. The van der Waals surface area contributed by atoms with E-state index in [0.717, 1.165) is 6.07 Å². The highest BCUT2D eigenvalue weighted by Crippen LogP contribution is 2.08. The Bertz CT molecular complexity index is 380. The summed E-state index contributed by atoms with van der Waals surface area (Å²) in [6.45, 7) is 0.329. The first-order valence-corrected chi connectivity index (χ1v) is 4.85. The van der Waals surface area contributed by atoms with Gasteiger partial charge in [0.1, 0.15) is 11.6 Å². The predicted octanol–water partition coefficient (Wildman–Crippen LogP) is 1.14. The Balaban J connectivity index is 2.46. The van der Waals surface area contributed by atoms with Crippen LogP contribution in [-0.4, -0.2) is 31.4 Å². The maximum absolute atomic E-state index is 13.2. The van der Waals surface area contributed by atoms with Gasteiger partial charge in [0.15, 0.2) is 0 Å². The number of benzene rings is 1. The summed E-state index contributed by atoms with van der Waals surface area (Å²) in [4.78, 5) is 12.6. The summed E-state index contributed by atoms with van der Waals surface area (Å²) in [5.41, 5.74) is 0.341. The van der Waals surface area contributed by atoms with Gasteiger partial charge in [-0.3, -0.25) is 4.79 Å². The van der Waals surface area contributed by atoms with Crippen LogP contribution < -0.4 is 5.32 Å². The maximum atomic E-state index is 13.2. The fourth-order valence-corrected chi connectivity index (χ4v) is 1.13. The Morgan fingerprint density at radius 2 is 2.06 bits per heavy atom. The van der Waals surface area contributed by atoms with Crippen LogP contribution in [0.5, 0.6) is 0 Å². The molecule has 0 saturated heterocycles. The van der Waals surface area contributed by atoms with Gasteiger partial charge >= 0.3 is 0 Å². The van der Waals surface area contributed by atoms with Crippen LogP contribution in [0, 0.1) is 11.6 Å². The van der Waals surface area contributed by atoms with E-state index in [1.807, 2.05) is 0 Å². The second kappa shape index (κ2) is 5.55. The summed E-state index contributed by atoms with van der Waals surface area (Å²) < 4.78 is 25.7. The van der Waals surface area contributed by atoms with Crippen LogP contribution in [-0.2, 0) is 11.3 Å². The van der Waals surface area contributed by atoms with Crippen LogP contribution in [0.25, 0.3) is 0 Å². The van der Waals surface area contributed by atoms with Crippen molar-refractivity contribution in [3.05, 3.63) is 35.4 Å². The second-order valence-corrected chi connectivity index (χ2v) is 3.63. The molecule has 0 aliphatic heterocycles. The molecule has 16 heavy (non-hydrogen) atoms. The summed E-state index contributed by atoms with van der Waals surface area (Å²) in [5.74, 6) is -1.31. The zero-order chi connectivity index (χ0) is 12.1. The highest BCUT2D eigenvalue weighted by atomic mass is 19.1. The van der Waals surface area contributed by atoms with E-state index in [1.54, 1.807) is 14.1 Å². The molecule has 1 rings (SSSR count). The maximum Gasteiger partial charge on any atom is 0.236 e. The van der Waals surface area contributed by atoms with E-state index in [0.29, 0.717) is 5.56 Å². The van der Waals surface area contributed by atoms with Gasteiger partial charge < -0.3 is 10.2 Å². The third-order valence-corrected chi connectivity index (χ3v) is 2.11. The number of hydrogen-bond acceptors (Lipinski definition) is 2. The van der Waals surface area contributed by atoms with Gasteiger partial charge in [-0.05, 0) is 6.07 Å². The fraction of sp³-hybridized carbons (Fsp3) is 0.364. The van der Waals surface area contributed by atoms with Crippen molar-refractivity contribution in [2.24, 2.45) is 0 Å². The SMILES string of the molecule is CN(C)C(=O)CNCc1ccc(F)cc1F. The summed E-state index contributed by atoms with van der Waals surface area (Å²) in [7, 11) is 3.28. The predicted molar refractivity (Wildman–Crippen MR) is 56.8 cm³/mol. The van der Waals surface area contributed by atoms with Gasteiger partial charge in [-0.15, -0.1) is 0 Å². The molecule has 0 unspecified atom stereocenters. The lowest BCUT2D eigenvalue weighted by atomic mass is 10.2. The molecule has 0 aromatic heterocycles. The molecular weight excluding hydrogens is 214 g/mol. The molecule has 0 heterocycles. The number of hydrogen-bond donors (Lipinski definition) is 1. The fourth-order valence-electron chi connectivity index (χ4n) is 1.13. The third kappa shape index (κ3) is 3.58. The number of carbonyl (C=O) groups excluding carboxylic acids is 1. The van der Waals surface area contributed by atoms with Gasteiger partial charge in [-0.1, -0.05) is 6.07 Å². The standard InChI is InChI=1S/C11H14F2N2O/c1-15(2)11(16)7-14-6-8-3-4-9(12)5-10(8)13/h3-5,14H,6-7H2,1-2H3. The third-order valence-electron chi connectivity index (χ3n) is 2.11. The molecule has 0 bridgehead atoms. The second-order valence-electron chi connectivity index (χ2n) is 3.63. The highest BCUT2D eigenvalue weighted by Gasteiger charge is 2.06. The van der Waals surface area contributed by atoms with E-state index in [1.165, 1.54) is 17.0 Å². The molecule has 0 atom stereocenters. The molecule has 1 N–H and O–H groups in total. The lowest BCUT2D eigenvalue weighted by molar-refractivity contribution is -0.127. The minimum atomic E-state index is -0.607. The molecule has 5 heteroatoms. The number of halogens is 2. The van der Waals surface area contributed by atoms with Crippen molar-refractivity contribution < 1.29 is 13.6 Å². The summed E-state index contributed by atoms with van der Waals surface area (Å²) >= 11 is 0. The molecular formula is C11H14F2N2O. The van der Waals surface area contributed by atoms with Gasteiger partial charge in [0.25, 0.3) is 0 Å². The first-order chi connectivity index (χ1) is 7.50. The zero-order valence-corrected chi connectivity index (χ0v) is 9.26. The van der Waals surface area contributed by atoms with Crippen LogP contribution in [0.4, 0.5) is 8.78 Å². The monoisotopic (exact) mass is 228 g/mol. The molecule has 0 radical (unpaired) electrons. The molecule has 88 valence electrons. The van der Waals surface area contributed by atoms with Crippen LogP contribution in [0.2, 0.25) is 0 Å². The smallest absolute Gasteiger partial charge is 0.236 e. The first-order valence-electron chi connectivity index (χ1n) is 4.85. The first kappa shape index (κ1) is 12.6. The zero-order valence-electron chi connectivity index (χ0n) is 9.26. The average Bonchev–Trinajstić information content (AvgIpc) is 2.20. The average molecular weight is 228 g/mol. The Morgan fingerprint density at radius 1 is 1.38 bits per heavy atom. The quantitative estimate of drug-likeness (QED) is 0.838. The molecule has 1 aromatic rings. The minimum absolute atomic E-state index is 0.0949. The van der Waals surface area contributed by atoms with Crippen molar-refractivity contribution in [3.63, 3.8) is 0 Å². The number of carbonyl (C=O) groups is 1. The molecule has 0 fully saturated rings. The lowest BCUT2D eigenvalue weighted by Crippen LogP contribution is -2.32. The summed E-state index contributed by atoms with van der Waals surface area (Å²) in [6.07, 6.45) is 0. The van der Waals surface area contributed by atoms with Gasteiger partial charge in [0, 0.05) is 32.3 Å². The molecule has 0 aliphatic rings. The molecule has 1 aromatic carbocycles. The van der Waals surface area contributed by atoms with Crippen molar-refractivity contribution in [2.75, 3.05) is 20.6 Å². The number of rotatable bonds is 4. The lowest BCUT2D eigenvalue weighted by Gasteiger charge is -2.11. The van der Waals surface area contributed by atoms with Crippen molar-refractivity contribution in [3.8, 4) is 0 Å².